The second-order valence-electron chi connectivity index (χ2n) is 6.20. The minimum atomic E-state index is -0.310. The fourth-order valence-corrected chi connectivity index (χ4v) is 2.68. The molecule has 2 aromatic rings. The van der Waals surface area contributed by atoms with Gasteiger partial charge < -0.3 is 25.4 Å². The van der Waals surface area contributed by atoms with E-state index in [4.69, 9.17) is 9.47 Å². The van der Waals surface area contributed by atoms with Crippen LogP contribution in [0.3, 0.4) is 0 Å². The normalized spacial score (nSPS) is 11.6. The number of amides is 3. The quantitative estimate of drug-likeness (QED) is 0.676. The lowest BCUT2D eigenvalue weighted by Gasteiger charge is -2.12. The fraction of sp³-hybridized carbons (Fsp3) is 0.250. The highest BCUT2D eigenvalue weighted by atomic mass is 16.7. The van der Waals surface area contributed by atoms with Crippen LogP contribution < -0.4 is 25.4 Å². The highest BCUT2D eigenvalue weighted by Crippen LogP contribution is 2.32. The molecule has 3 N–H and O–H groups in total. The van der Waals surface area contributed by atoms with E-state index in [0.717, 1.165) is 5.56 Å². The summed E-state index contributed by atoms with van der Waals surface area (Å²) in [6.07, 6.45) is 0.118. The second kappa shape index (κ2) is 8.90. The van der Waals surface area contributed by atoms with Crippen LogP contribution in [0.5, 0.6) is 11.5 Å². The Hall–Kier alpha value is -3.55. The van der Waals surface area contributed by atoms with Gasteiger partial charge in [-0.05, 0) is 29.8 Å². The molecule has 8 nitrogen and oxygen atoms in total. The van der Waals surface area contributed by atoms with Crippen LogP contribution in [0.4, 0.5) is 5.69 Å². The maximum atomic E-state index is 12.6. The van der Waals surface area contributed by atoms with Gasteiger partial charge in [-0.1, -0.05) is 18.2 Å². The number of ether oxygens (including phenoxy) is 2. The second-order valence-corrected chi connectivity index (χ2v) is 6.20. The zero-order chi connectivity index (χ0) is 19.9. The third-order valence-corrected chi connectivity index (χ3v) is 4.06. The summed E-state index contributed by atoms with van der Waals surface area (Å²) in [4.78, 5) is 35.5. The fourth-order valence-electron chi connectivity index (χ4n) is 2.68. The van der Waals surface area contributed by atoms with Crippen LogP contribution in [0, 0.1) is 0 Å². The predicted molar refractivity (Wildman–Crippen MR) is 102 cm³/mol. The summed E-state index contributed by atoms with van der Waals surface area (Å²) in [6, 6.07) is 12.2. The number of para-hydroxylation sites is 1. The Labute approximate surface area is 162 Å². The molecule has 0 unspecified atom stereocenters. The van der Waals surface area contributed by atoms with Gasteiger partial charge in [0, 0.05) is 26.4 Å². The average Bonchev–Trinajstić information content (AvgIpc) is 3.14. The Morgan fingerprint density at radius 1 is 1.00 bits per heavy atom. The van der Waals surface area contributed by atoms with E-state index < -0.39 is 0 Å². The van der Waals surface area contributed by atoms with E-state index in [-0.39, 0.29) is 37.5 Å². The van der Waals surface area contributed by atoms with E-state index in [9.17, 15) is 14.4 Å². The van der Waals surface area contributed by atoms with Crippen molar-refractivity contribution in [3.63, 3.8) is 0 Å². The monoisotopic (exact) mass is 383 g/mol. The van der Waals surface area contributed by atoms with Crippen molar-refractivity contribution < 1.29 is 23.9 Å². The summed E-state index contributed by atoms with van der Waals surface area (Å²) in [5.41, 5.74) is 1.64. The maximum Gasteiger partial charge on any atom is 0.253 e. The Bertz CT molecular complexity index is 897. The third kappa shape index (κ3) is 5.00. The summed E-state index contributed by atoms with van der Waals surface area (Å²) in [6.45, 7) is 2.12. The number of carbonyl (C=O) groups is 3. The summed E-state index contributed by atoms with van der Waals surface area (Å²) >= 11 is 0. The Morgan fingerprint density at radius 2 is 1.79 bits per heavy atom. The molecule has 3 amide bonds. The molecule has 0 radical (unpaired) electrons. The maximum absolute atomic E-state index is 12.6. The lowest BCUT2D eigenvalue weighted by atomic mass is 10.1. The number of carbonyl (C=O) groups excluding carboxylic acids is 3. The largest absolute Gasteiger partial charge is 0.454 e. The molecule has 1 heterocycles. The van der Waals surface area contributed by atoms with Crippen molar-refractivity contribution in [1.29, 1.82) is 0 Å². The summed E-state index contributed by atoms with van der Waals surface area (Å²) in [5, 5.41) is 8.10. The van der Waals surface area contributed by atoms with E-state index in [2.05, 4.69) is 16.0 Å². The minimum absolute atomic E-state index is 0.118. The van der Waals surface area contributed by atoms with Gasteiger partial charge >= 0.3 is 0 Å². The molecule has 146 valence electrons. The molecule has 8 heteroatoms. The van der Waals surface area contributed by atoms with Gasteiger partial charge in [0.15, 0.2) is 11.5 Å². The zero-order valence-electron chi connectivity index (χ0n) is 15.4. The van der Waals surface area contributed by atoms with Crippen molar-refractivity contribution in [1.82, 2.24) is 10.6 Å². The standard InChI is InChI=1S/C20H21N3O5/c1-13(24)21-9-8-19(25)23-16-5-3-2-4-15(16)20(26)22-11-14-6-7-17-18(10-14)28-12-27-17/h2-7,10H,8-9,11-12H2,1H3,(H,21,24)(H,22,26)(H,23,25). The van der Waals surface area contributed by atoms with E-state index in [1.807, 2.05) is 12.1 Å². The number of hydrogen-bond acceptors (Lipinski definition) is 5. The predicted octanol–water partition coefficient (Wildman–Crippen LogP) is 1.81. The summed E-state index contributed by atoms with van der Waals surface area (Å²) in [5.74, 6) is 0.539. The molecule has 2 aromatic carbocycles. The average molecular weight is 383 g/mol. The van der Waals surface area contributed by atoms with Gasteiger partial charge in [-0.15, -0.1) is 0 Å². The molecular formula is C20H21N3O5. The number of anilines is 1. The van der Waals surface area contributed by atoms with Gasteiger partial charge in [-0.25, -0.2) is 0 Å². The summed E-state index contributed by atoms with van der Waals surface area (Å²) in [7, 11) is 0. The SMILES string of the molecule is CC(=O)NCCC(=O)Nc1ccccc1C(=O)NCc1ccc2c(c1)OCO2. The van der Waals surface area contributed by atoms with Gasteiger partial charge in [0.25, 0.3) is 5.91 Å². The third-order valence-electron chi connectivity index (χ3n) is 4.06. The van der Waals surface area contributed by atoms with E-state index in [1.165, 1.54) is 6.92 Å². The van der Waals surface area contributed by atoms with Crippen molar-refractivity contribution in [2.75, 3.05) is 18.7 Å². The highest BCUT2D eigenvalue weighted by molar-refractivity contribution is 6.03. The van der Waals surface area contributed by atoms with E-state index in [0.29, 0.717) is 29.3 Å². The van der Waals surface area contributed by atoms with Gasteiger partial charge in [0.2, 0.25) is 18.6 Å². The lowest BCUT2D eigenvalue weighted by molar-refractivity contribution is -0.119. The topological polar surface area (TPSA) is 106 Å². The van der Waals surface area contributed by atoms with Crippen LogP contribution in [0.25, 0.3) is 0 Å². The van der Waals surface area contributed by atoms with Gasteiger partial charge in [-0.3, -0.25) is 14.4 Å². The first-order valence-corrected chi connectivity index (χ1v) is 8.83. The number of rotatable bonds is 7. The van der Waals surface area contributed by atoms with Crippen LogP contribution >= 0.6 is 0 Å². The first-order valence-electron chi connectivity index (χ1n) is 8.83. The number of benzene rings is 2. The molecule has 0 bridgehead atoms. The molecule has 0 saturated heterocycles. The molecule has 1 aliphatic rings. The van der Waals surface area contributed by atoms with Gasteiger partial charge in [0.1, 0.15) is 0 Å². The van der Waals surface area contributed by atoms with Gasteiger partial charge in [-0.2, -0.15) is 0 Å². The van der Waals surface area contributed by atoms with Crippen LogP contribution in [0.2, 0.25) is 0 Å². The molecule has 1 aliphatic heterocycles. The van der Waals surface area contributed by atoms with Crippen molar-refractivity contribution in [3.8, 4) is 11.5 Å². The molecule has 28 heavy (non-hydrogen) atoms. The van der Waals surface area contributed by atoms with Crippen molar-refractivity contribution in [3.05, 3.63) is 53.6 Å². The minimum Gasteiger partial charge on any atom is -0.454 e. The van der Waals surface area contributed by atoms with Crippen LogP contribution in [0.1, 0.15) is 29.3 Å². The van der Waals surface area contributed by atoms with Crippen LogP contribution in [0.15, 0.2) is 42.5 Å². The number of hydrogen-bond donors (Lipinski definition) is 3. The Morgan fingerprint density at radius 3 is 2.61 bits per heavy atom. The molecule has 0 saturated carbocycles. The molecule has 0 aromatic heterocycles. The molecule has 0 atom stereocenters. The van der Waals surface area contributed by atoms with Crippen molar-refractivity contribution in [2.45, 2.75) is 19.9 Å². The first-order chi connectivity index (χ1) is 13.5. The highest BCUT2D eigenvalue weighted by Gasteiger charge is 2.15. The smallest absolute Gasteiger partial charge is 0.253 e. The first kappa shape index (κ1) is 19.2. The number of fused-ring (bicyclic) bond motifs is 1. The van der Waals surface area contributed by atoms with Crippen LogP contribution in [-0.4, -0.2) is 31.1 Å². The van der Waals surface area contributed by atoms with Gasteiger partial charge in [0.05, 0.1) is 11.3 Å². The zero-order valence-corrected chi connectivity index (χ0v) is 15.4. The Kier molecular flexibility index (Phi) is 6.11. The molecule has 0 aliphatic carbocycles. The van der Waals surface area contributed by atoms with Crippen molar-refractivity contribution in [2.24, 2.45) is 0 Å². The summed E-state index contributed by atoms with van der Waals surface area (Å²) < 4.78 is 10.6. The van der Waals surface area contributed by atoms with Crippen LogP contribution in [-0.2, 0) is 16.1 Å². The Balaban J connectivity index is 1.59. The lowest BCUT2D eigenvalue weighted by Crippen LogP contribution is -2.27. The molecule has 3 rings (SSSR count). The van der Waals surface area contributed by atoms with E-state index >= 15 is 0 Å². The molecule has 0 spiro atoms. The van der Waals surface area contributed by atoms with E-state index in [1.54, 1.807) is 30.3 Å². The molecule has 0 fully saturated rings. The number of nitrogens with one attached hydrogen (secondary N) is 3. The molecular weight excluding hydrogens is 362 g/mol. The van der Waals surface area contributed by atoms with Crippen molar-refractivity contribution >= 4 is 23.4 Å².